The Morgan fingerprint density at radius 2 is 2.06 bits per heavy atom. The van der Waals surface area contributed by atoms with Gasteiger partial charge in [0.15, 0.2) is 6.61 Å². The lowest BCUT2D eigenvalue weighted by atomic mass is 10.1. The molecule has 0 aliphatic carbocycles. The fourth-order valence-corrected chi connectivity index (χ4v) is 1.70. The van der Waals surface area contributed by atoms with Gasteiger partial charge in [-0.25, -0.2) is 4.79 Å². The number of esters is 1. The summed E-state index contributed by atoms with van der Waals surface area (Å²) in [6.45, 7) is -0.0768. The molecule has 2 rings (SSSR count). The van der Waals surface area contributed by atoms with Crippen LogP contribution in [-0.2, 0) is 25.5 Å². The zero-order valence-corrected chi connectivity index (χ0v) is 9.43. The molecule has 4 nitrogen and oxygen atoms in total. The Bertz CT molecular complexity index is 473. The Morgan fingerprint density at radius 1 is 1.35 bits per heavy atom. The van der Waals surface area contributed by atoms with Gasteiger partial charge in [-0.15, -0.1) is 0 Å². The molecule has 1 aliphatic heterocycles. The number of methoxy groups -OCH3 is 1. The van der Waals surface area contributed by atoms with Gasteiger partial charge in [-0.2, -0.15) is 0 Å². The van der Waals surface area contributed by atoms with Crippen LogP contribution in [-0.4, -0.2) is 25.5 Å². The van der Waals surface area contributed by atoms with Crippen molar-refractivity contribution < 1.29 is 19.1 Å². The summed E-state index contributed by atoms with van der Waals surface area (Å²) >= 11 is 0. The van der Waals surface area contributed by atoms with E-state index in [0.717, 1.165) is 5.56 Å². The van der Waals surface area contributed by atoms with Crippen molar-refractivity contribution in [3.05, 3.63) is 47.2 Å². The van der Waals surface area contributed by atoms with Gasteiger partial charge >= 0.3 is 5.97 Å². The zero-order valence-electron chi connectivity index (χ0n) is 9.43. The molecule has 0 aromatic heterocycles. The molecule has 0 spiro atoms. The monoisotopic (exact) mass is 232 g/mol. The number of hydrogen-bond donors (Lipinski definition) is 0. The van der Waals surface area contributed by atoms with Gasteiger partial charge in [0.2, 0.25) is 5.78 Å². The maximum Gasteiger partial charge on any atom is 0.345 e. The molecule has 1 aromatic rings. The Labute approximate surface area is 98.8 Å². The third-order valence-electron chi connectivity index (χ3n) is 2.53. The van der Waals surface area contributed by atoms with E-state index in [9.17, 15) is 9.59 Å². The normalized spacial score (nSPS) is 14.8. The van der Waals surface area contributed by atoms with Crippen LogP contribution in [0.1, 0.15) is 5.56 Å². The van der Waals surface area contributed by atoms with Gasteiger partial charge in [0, 0.05) is 6.42 Å². The SMILES string of the molecule is COC(=O)C1=C(Cc2ccccc2)OCC1=O. The van der Waals surface area contributed by atoms with Crippen molar-refractivity contribution in [3.63, 3.8) is 0 Å². The van der Waals surface area contributed by atoms with Crippen LogP contribution in [0, 0.1) is 0 Å². The largest absolute Gasteiger partial charge is 0.488 e. The first-order valence-corrected chi connectivity index (χ1v) is 5.23. The average Bonchev–Trinajstić information content (AvgIpc) is 2.71. The van der Waals surface area contributed by atoms with Crippen LogP contribution < -0.4 is 0 Å². The minimum Gasteiger partial charge on any atom is -0.488 e. The minimum absolute atomic E-state index is 0.0383. The predicted molar refractivity (Wildman–Crippen MR) is 60.1 cm³/mol. The zero-order chi connectivity index (χ0) is 12.3. The molecular weight excluding hydrogens is 220 g/mol. The number of ether oxygens (including phenoxy) is 2. The molecule has 1 aromatic carbocycles. The highest BCUT2D eigenvalue weighted by Gasteiger charge is 2.31. The van der Waals surface area contributed by atoms with Gasteiger partial charge in [-0.3, -0.25) is 4.79 Å². The van der Waals surface area contributed by atoms with Crippen LogP contribution in [0.5, 0.6) is 0 Å². The summed E-state index contributed by atoms with van der Waals surface area (Å²) in [6.07, 6.45) is 0.428. The molecule has 4 heteroatoms. The Balaban J connectivity index is 2.27. The van der Waals surface area contributed by atoms with E-state index in [-0.39, 0.29) is 18.0 Å². The molecule has 0 saturated heterocycles. The van der Waals surface area contributed by atoms with Gasteiger partial charge < -0.3 is 9.47 Å². The summed E-state index contributed by atoms with van der Waals surface area (Å²) in [5.74, 6) is -0.547. The average molecular weight is 232 g/mol. The molecule has 0 bridgehead atoms. The van der Waals surface area contributed by atoms with Crippen molar-refractivity contribution in [3.8, 4) is 0 Å². The summed E-state index contributed by atoms with van der Waals surface area (Å²) in [6, 6.07) is 9.51. The number of ketones is 1. The van der Waals surface area contributed by atoms with E-state index in [0.29, 0.717) is 12.2 Å². The van der Waals surface area contributed by atoms with Crippen LogP contribution in [0.25, 0.3) is 0 Å². The quantitative estimate of drug-likeness (QED) is 0.581. The summed E-state index contributed by atoms with van der Waals surface area (Å²) in [5, 5.41) is 0. The molecule has 0 amide bonds. The molecular formula is C13H12O4. The Hall–Kier alpha value is -2.10. The first-order chi connectivity index (χ1) is 8.22. The number of carbonyl (C=O) groups is 2. The number of allylic oxidation sites excluding steroid dienone is 1. The topological polar surface area (TPSA) is 52.6 Å². The standard InChI is InChI=1S/C13H12O4/c1-16-13(15)12-10(14)8-17-11(12)7-9-5-3-2-4-6-9/h2-6H,7-8H2,1H3. The maximum atomic E-state index is 11.5. The van der Waals surface area contributed by atoms with Crippen LogP contribution in [0.4, 0.5) is 0 Å². The first kappa shape index (κ1) is 11.4. The van der Waals surface area contributed by atoms with Crippen LogP contribution in [0.2, 0.25) is 0 Å². The molecule has 0 unspecified atom stereocenters. The van der Waals surface area contributed by atoms with E-state index >= 15 is 0 Å². The van der Waals surface area contributed by atoms with Crippen LogP contribution in [0.3, 0.4) is 0 Å². The summed E-state index contributed by atoms with van der Waals surface area (Å²) in [5.41, 5.74) is 1.02. The maximum absolute atomic E-state index is 11.5. The van der Waals surface area contributed by atoms with E-state index in [1.54, 1.807) is 0 Å². The highest BCUT2D eigenvalue weighted by Crippen LogP contribution is 2.21. The molecule has 17 heavy (non-hydrogen) atoms. The molecule has 1 heterocycles. The lowest BCUT2D eigenvalue weighted by Gasteiger charge is -2.04. The van der Waals surface area contributed by atoms with E-state index in [1.807, 2.05) is 30.3 Å². The number of Topliss-reactive ketones (excluding diaryl/α,β-unsaturated/α-hetero) is 1. The van der Waals surface area contributed by atoms with Crippen molar-refractivity contribution in [1.29, 1.82) is 0 Å². The molecule has 0 radical (unpaired) electrons. The number of carbonyl (C=O) groups excluding carboxylic acids is 2. The first-order valence-electron chi connectivity index (χ1n) is 5.23. The van der Waals surface area contributed by atoms with Crippen molar-refractivity contribution in [2.75, 3.05) is 13.7 Å². The Kier molecular flexibility index (Phi) is 3.23. The van der Waals surface area contributed by atoms with Gasteiger partial charge in [0.05, 0.1) is 7.11 Å². The molecule has 1 aliphatic rings. The molecule has 88 valence electrons. The van der Waals surface area contributed by atoms with Crippen LogP contribution in [0.15, 0.2) is 41.7 Å². The number of benzene rings is 1. The molecule has 0 saturated carbocycles. The highest BCUT2D eigenvalue weighted by molar-refractivity contribution is 6.19. The van der Waals surface area contributed by atoms with Crippen molar-refractivity contribution in [2.24, 2.45) is 0 Å². The third kappa shape index (κ3) is 2.36. The third-order valence-corrected chi connectivity index (χ3v) is 2.53. The summed E-state index contributed by atoms with van der Waals surface area (Å²) < 4.78 is 9.81. The lowest BCUT2D eigenvalue weighted by Crippen LogP contribution is -2.13. The second-order valence-corrected chi connectivity index (χ2v) is 3.66. The second-order valence-electron chi connectivity index (χ2n) is 3.66. The number of rotatable bonds is 3. The molecule has 0 fully saturated rings. The number of hydrogen-bond acceptors (Lipinski definition) is 4. The highest BCUT2D eigenvalue weighted by atomic mass is 16.5. The van der Waals surface area contributed by atoms with E-state index in [4.69, 9.17) is 4.74 Å². The smallest absolute Gasteiger partial charge is 0.345 e. The second kappa shape index (κ2) is 4.82. The van der Waals surface area contributed by atoms with Gasteiger partial charge in [0.1, 0.15) is 11.3 Å². The van der Waals surface area contributed by atoms with E-state index in [2.05, 4.69) is 4.74 Å². The fourth-order valence-electron chi connectivity index (χ4n) is 1.70. The lowest BCUT2D eigenvalue weighted by molar-refractivity contribution is -0.137. The van der Waals surface area contributed by atoms with Crippen molar-refractivity contribution in [2.45, 2.75) is 6.42 Å². The minimum atomic E-state index is -0.626. The summed E-state index contributed by atoms with van der Waals surface area (Å²) in [4.78, 5) is 22.9. The van der Waals surface area contributed by atoms with Crippen molar-refractivity contribution >= 4 is 11.8 Å². The fraction of sp³-hybridized carbons (Fsp3) is 0.231. The van der Waals surface area contributed by atoms with E-state index < -0.39 is 5.97 Å². The summed E-state index contributed by atoms with van der Waals surface area (Å²) in [7, 11) is 1.25. The predicted octanol–water partition coefficient (Wildman–Crippen LogP) is 1.26. The Morgan fingerprint density at radius 3 is 2.71 bits per heavy atom. The van der Waals surface area contributed by atoms with Gasteiger partial charge in [0.25, 0.3) is 0 Å². The van der Waals surface area contributed by atoms with E-state index in [1.165, 1.54) is 7.11 Å². The van der Waals surface area contributed by atoms with Crippen LogP contribution >= 0.6 is 0 Å². The molecule has 0 N–H and O–H groups in total. The van der Waals surface area contributed by atoms with Gasteiger partial charge in [-0.05, 0) is 5.56 Å². The van der Waals surface area contributed by atoms with Gasteiger partial charge in [-0.1, -0.05) is 30.3 Å². The van der Waals surface area contributed by atoms with Crippen molar-refractivity contribution in [1.82, 2.24) is 0 Å². The molecule has 0 atom stereocenters.